The van der Waals surface area contributed by atoms with Crippen molar-refractivity contribution in [1.82, 2.24) is 0 Å². The number of sulfone groups is 1. The Morgan fingerprint density at radius 3 is 2.62 bits per heavy atom. The number of para-hydroxylation sites is 1. The highest BCUT2D eigenvalue weighted by atomic mass is 32.2. The van der Waals surface area contributed by atoms with Crippen LogP contribution in [0.4, 0.5) is 5.69 Å². The maximum absolute atomic E-state index is 11.9. The van der Waals surface area contributed by atoms with E-state index in [1.54, 1.807) is 12.1 Å². The first-order chi connectivity index (χ1) is 10.0. The van der Waals surface area contributed by atoms with Crippen LogP contribution in [0.3, 0.4) is 0 Å². The van der Waals surface area contributed by atoms with Crippen molar-refractivity contribution >= 4 is 15.5 Å². The van der Waals surface area contributed by atoms with E-state index in [9.17, 15) is 8.42 Å². The molecular formula is C17H27NO2S. The fourth-order valence-electron chi connectivity index (χ4n) is 3.35. The van der Waals surface area contributed by atoms with Gasteiger partial charge in [0.2, 0.25) is 0 Å². The summed E-state index contributed by atoms with van der Waals surface area (Å²) in [7, 11) is -3.18. The summed E-state index contributed by atoms with van der Waals surface area (Å²) in [5, 5.41) is 3.48. The van der Waals surface area contributed by atoms with Gasteiger partial charge in [0.05, 0.1) is 10.6 Å². The molecule has 1 aliphatic carbocycles. The Bertz CT molecular complexity index is 554. The lowest BCUT2D eigenvalue weighted by Gasteiger charge is -2.20. The lowest BCUT2D eigenvalue weighted by atomic mass is 9.95. The molecule has 1 saturated carbocycles. The molecule has 0 bridgehead atoms. The highest BCUT2D eigenvalue weighted by molar-refractivity contribution is 7.90. The minimum atomic E-state index is -3.18. The van der Waals surface area contributed by atoms with Crippen molar-refractivity contribution in [3.05, 3.63) is 24.3 Å². The van der Waals surface area contributed by atoms with Crippen molar-refractivity contribution in [1.29, 1.82) is 0 Å². The molecule has 1 fully saturated rings. The van der Waals surface area contributed by atoms with Crippen molar-refractivity contribution in [2.45, 2.75) is 62.8 Å². The second-order valence-corrected chi connectivity index (χ2v) is 8.26. The number of hydrogen-bond acceptors (Lipinski definition) is 3. The summed E-state index contributed by atoms with van der Waals surface area (Å²) in [5.74, 6) is 0.854. The standard InChI is InChI=1S/C17H27NO2S/c1-3-7-14-8-6-9-15(13-12-14)18-16-10-4-5-11-17(16)21(2,19)20/h4-5,10-11,14-15,18H,3,6-9,12-13H2,1-2H3. The van der Waals surface area contributed by atoms with Gasteiger partial charge >= 0.3 is 0 Å². The molecule has 0 saturated heterocycles. The summed E-state index contributed by atoms with van der Waals surface area (Å²) in [6.07, 6.45) is 9.96. The molecule has 4 heteroatoms. The second kappa shape index (κ2) is 7.30. The first kappa shape index (κ1) is 16.3. The minimum absolute atomic E-state index is 0.398. The average Bonchev–Trinajstić information content (AvgIpc) is 2.64. The average molecular weight is 309 g/mol. The van der Waals surface area contributed by atoms with Gasteiger partial charge in [0.25, 0.3) is 0 Å². The van der Waals surface area contributed by atoms with Gasteiger partial charge in [0, 0.05) is 12.3 Å². The van der Waals surface area contributed by atoms with Crippen LogP contribution >= 0.6 is 0 Å². The van der Waals surface area contributed by atoms with Crippen molar-refractivity contribution in [2.75, 3.05) is 11.6 Å². The summed E-state index contributed by atoms with van der Waals surface area (Å²) in [4.78, 5) is 0.416. The van der Waals surface area contributed by atoms with Gasteiger partial charge in [-0.3, -0.25) is 0 Å². The molecule has 1 N–H and O–H groups in total. The second-order valence-electron chi connectivity index (χ2n) is 6.27. The molecule has 2 unspecified atom stereocenters. The highest BCUT2D eigenvalue weighted by Gasteiger charge is 2.20. The van der Waals surface area contributed by atoms with E-state index in [1.807, 2.05) is 12.1 Å². The van der Waals surface area contributed by atoms with Crippen molar-refractivity contribution in [2.24, 2.45) is 5.92 Å². The van der Waals surface area contributed by atoms with E-state index in [0.29, 0.717) is 10.9 Å². The summed E-state index contributed by atoms with van der Waals surface area (Å²) < 4.78 is 23.7. The Hall–Kier alpha value is -1.03. The Labute approximate surface area is 129 Å². The zero-order valence-corrected chi connectivity index (χ0v) is 14.0. The third kappa shape index (κ3) is 4.73. The van der Waals surface area contributed by atoms with Crippen LogP contribution < -0.4 is 5.32 Å². The number of anilines is 1. The molecule has 1 aromatic carbocycles. The Morgan fingerprint density at radius 2 is 1.90 bits per heavy atom. The van der Waals surface area contributed by atoms with Gasteiger partial charge in [-0.25, -0.2) is 8.42 Å². The van der Waals surface area contributed by atoms with E-state index < -0.39 is 9.84 Å². The zero-order valence-electron chi connectivity index (χ0n) is 13.1. The third-order valence-electron chi connectivity index (χ3n) is 4.43. The molecule has 0 aliphatic heterocycles. The number of hydrogen-bond donors (Lipinski definition) is 1. The molecule has 2 rings (SSSR count). The fraction of sp³-hybridized carbons (Fsp3) is 0.647. The van der Waals surface area contributed by atoms with E-state index in [4.69, 9.17) is 0 Å². The lowest BCUT2D eigenvalue weighted by Crippen LogP contribution is -2.20. The van der Waals surface area contributed by atoms with Crippen LogP contribution in [-0.2, 0) is 9.84 Å². The third-order valence-corrected chi connectivity index (χ3v) is 5.59. The number of rotatable bonds is 5. The highest BCUT2D eigenvalue weighted by Crippen LogP contribution is 2.30. The van der Waals surface area contributed by atoms with Gasteiger partial charge in [0.1, 0.15) is 0 Å². The smallest absolute Gasteiger partial charge is 0.177 e. The largest absolute Gasteiger partial charge is 0.381 e. The molecule has 118 valence electrons. The van der Waals surface area contributed by atoms with E-state index in [2.05, 4.69) is 12.2 Å². The van der Waals surface area contributed by atoms with E-state index in [0.717, 1.165) is 24.4 Å². The van der Waals surface area contributed by atoms with Crippen LogP contribution in [0.1, 0.15) is 51.9 Å². The van der Waals surface area contributed by atoms with Gasteiger partial charge in [-0.1, -0.05) is 44.7 Å². The maximum atomic E-state index is 11.9. The van der Waals surface area contributed by atoms with Crippen LogP contribution in [0.5, 0.6) is 0 Å². The number of nitrogens with one attached hydrogen (secondary N) is 1. The molecule has 0 spiro atoms. The fourth-order valence-corrected chi connectivity index (χ4v) is 4.20. The van der Waals surface area contributed by atoms with Crippen LogP contribution in [0.25, 0.3) is 0 Å². The van der Waals surface area contributed by atoms with Gasteiger partial charge in [-0.05, 0) is 37.3 Å². The van der Waals surface area contributed by atoms with Crippen LogP contribution in [-0.4, -0.2) is 20.7 Å². The summed E-state index contributed by atoms with van der Waals surface area (Å²) in [6.45, 7) is 2.25. The molecule has 21 heavy (non-hydrogen) atoms. The monoisotopic (exact) mass is 309 g/mol. The molecule has 0 amide bonds. The summed E-state index contributed by atoms with van der Waals surface area (Å²) in [5.41, 5.74) is 0.763. The minimum Gasteiger partial charge on any atom is -0.381 e. The topological polar surface area (TPSA) is 46.2 Å². The van der Waals surface area contributed by atoms with Gasteiger partial charge in [0.15, 0.2) is 9.84 Å². The Morgan fingerprint density at radius 1 is 1.14 bits per heavy atom. The number of benzene rings is 1. The maximum Gasteiger partial charge on any atom is 0.177 e. The molecule has 0 heterocycles. The molecule has 3 nitrogen and oxygen atoms in total. The zero-order chi connectivity index (χ0) is 15.3. The van der Waals surface area contributed by atoms with Crippen molar-refractivity contribution < 1.29 is 8.42 Å². The molecule has 2 atom stereocenters. The SMILES string of the molecule is CCCC1CCCC(Nc2ccccc2S(C)(=O)=O)CC1. The van der Waals surface area contributed by atoms with Gasteiger partial charge < -0.3 is 5.32 Å². The first-order valence-electron chi connectivity index (χ1n) is 8.06. The molecular weight excluding hydrogens is 282 g/mol. The summed E-state index contributed by atoms with van der Waals surface area (Å²) >= 11 is 0. The van der Waals surface area contributed by atoms with Crippen LogP contribution in [0.15, 0.2) is 29.2 Å². The van der Waals surface area contributed by atoms with Crippen molar-refractivity contribution in [3.8, 4) is 0 Å². The lowest BCUT2D eigenvalue weighted by molar-refractivity contribution is 0.422. The molecule has 0 radical (unpaired) electrons. The van der Waals surface area contributed by atoms with Crippen LogP contribution in [0.2, 0.25) is 0 Å². The molecule has 0 aromatic heterocycles. The Balaban J connectivity index is 2.05. The predicted molar refractivity (Wildman–Crippen MR) is 88.4 cm³/mol. The van der Waals surface area contributed by atoms with Crippen LogP contribution in [0, 0.1) is 5.92 Å². The van der Waals surface area contributed by atoms with Gasteiger partial charge in [-0.15, -0.1) is 0 Å². The van der Waals surface area contributed by atoms with Crippen molar-refractivity contribution in [3.63, 3.8) is 0 Å². The van der Waals surface area contributed by atoms with Gasteiger partial charge in [-0.2, -0.15) is 0 Å². The van der Waals surface area contributed by atoms with E-state index in [-0.39, 0.29) is 0 Å². The Kier molecular flexibility index (Phi) is 5.68. The van der Waals surface area contributed by atoms with E-state index >= 15 is 0 Å². The van der Waals surface area contributed by atoms with E-state index in [1.165, 1.54) is 38.4 Å². The molecule has 1 aliphatic rings. The predicted octanol–water partition coefficient (Wildman–Crippen LogP) is 4.25. The molecule has 1 aromatic rings. The normalized spacial score (nSPS) is 23.5. The first-order valence-corrected chi connectivity index (χ1v) is 9.95. The summed E-state index contributed by atoms with van der Waals surface area (Å²) in [6, 6.07) is 7.65. The quantitative estimate of drug-likeness (QED) is 0.827.